The van der Waals surface area contributed by atoms with Crippen LogP contribution in [0.5, 0.6) is 0 Å². The fourth-order valence-electron chi connectivity index (χ4n) is 1.13. The lowest BCUT2D eigenvalue weighted by Crippen LogP contribution is -1.88. The molecule has 0 N–H and O–H groups in total. The summed E-state index contributed by atoms with van der Waals surface area (Å²) in [5, 5.41) is 0. The first-order valence-corrected chi connectivity index (χ1v) is 5.52. The van der Waals surface area contributed by atoms with Gasteiger partial charge in [0, 0.05) is 14.6 Å². The molecule has 0 aliphatic heterocycles. The van der Waals surface area contributed by atoms with Gasteiger partial charge >= 0.3 is 0 Å². The Labute approximate surface area is 81.3 Å². The van der Waals surface area contributed by atoms with E-state index in [0.29, 0.717) is 0 Å². The molecule has 0 fully saturated rings. The van der Waals surface area contributed by atoms with E-state index in [1.807, 2.05) is 22.7 Å². The summed E-state index contributed by atoms with van der Waals surface area (Å²) in [7, 11) is 2.15. The molecule has 0 unspecified atom stereocenters. The van der Waals surface area contributed by atoms with Gasteiger partial charge < -0.3 is 0 Å². The van der Waals surface area contributed by atoms with Crippen molar-refractivity contribution in [2.45, 2.75) is 6.92 Å². The minimum atomic E-state index is 1.39. The van der Waals surface area contributed by atoms with Gasteiger partial charge in [0.2, 0.25) is 0 Å². The van der Waals surface area contributed by atoms with Gasteiger partial charge in [0.25, 0.3) is 0 Å². The molecule has 0 saturated heterocycles. The number of aryl methyl sites for hydroxylation is 1. The first-order valence-electron chi connectivity index (χ1n) is 3.89. The van der Waals surface area contributed by atoms with Crippen LogP contribution in [0.15, 0.2) is 24.3 Å². The van der Waals surface area contributed by atoms with Crippen molar-refractivity contribution >= 4 is 35.3 Å². The Bertz CT molecular complexity index is 348. The molecule has 3 heteroatoms. The van der Waals surface area contributed by atoms with Gasteiger partial charge in [-0.1, -0.05) is 6.07 Å². The van der Waals surface area contributed by atoms with Crippen molar-refractivity contribution in [2.75, 3.05) is 0 Å². The minimum absolute atomic E-state index is 1.39. The van der Waals surface area contributed by atoms with Crippen molar-refractivity contribution in [3.8, 4) is 9.75 Å². The Morgan fingerprint density at radius 3 is 2.17 bits per heavy atom. The van der Waals surface area contributed by atoms with E-state index in [1.165, 1.54) is 19.4 Å². The Hall–Kier alpha value is -0.535. The van der Waals surface area contributed by atoms with Gasteiger partial charge in [-0.3, -0.25) is 0 Å². The van der Waals surface area contributed by atoms with Gasteiger partial charge in [-0.25, -0.2) is 0 Å². The van der Waals surface area contributed by atoms with Crippen LogP contribution in [0.3, 0.4) is 0 Å². The molecule has 0 saturated carbocycles. The lowest BCUT2D eigenvalue weighted by atomic mass is 10.1. The average molecular weight is 192 g/mol. The standard InChI is InChI=1S/C9H9BS2/c1-6-2-3-7(11-6)8-4-5-9(10)12-8/h2-5H,10H2,1H3. The first kappa shape index (κ1) is 8.08. The van der Waals surface area contributed by atoms with Gasteiger partial charge in [-0.15, -0.1) is 11.3 Å². The maximum absolute atomic E-state index is 2.20. The summed E-state index contributed by atoms with van der Waals surface area (Å²) in [6, 6.07) is 8.75. The molecule has 2 aromatic rings. The second kappa shape index (κ2) is 3.07. The Balaban J connectivity index is 2.43. The number of thiophene rings is 2. The molecule has 0 aliphatic carbocycles. The van der Waals surface area contributed by atoms with E-state index in [4.69, 9.17) is 0 Å². The molecule has 2 heterocycles. The average Bonchev–Trinajstić information content (AvgIpc) is 2.58. The molecule has 60 valence electrons. The lowest BCUT2D eigenvalue weighted by Gasteiger charge is -1.87. The van der Waals surface area contributed by atoms with Crippen LogP contribution >= 0.6 is 22.7 Å². The second-order valence-corrected chi connectivity index (χ2v) is 5.40. The maximum atomic E-state index is 2.20. The van der Waals surface area contributed by atoms with Crippen molar-refractivity contribution in [3.63, 3.8) is 0 Å². The van der Waals surface area contributed by atoms with Crippen molar-refractivity contribution in [2.24, 2.45) is 0 Å². The third-order valence-corrected chi connectivity index (χ3v) is 3.92. The van der Waals surface area contributed by atoms with E-state index in [-0.39, 0.29) is 0 Å². The molecule has 2 aromatic heterocycles. The molecule has 0 amide bonds. The van der Waals surface area contributed by atoms with Crippen LogP contribution in [0.2, 0.25) is 0 Å². The van der Waals surface area contributed by atoms with Crippen LogP contribution in [-0.4, -0.2) is 7.85 Å². The molecular formula is C9H9BS2. The Morgan fingerprint density at radius 1 is 1.00 bits per heavy atom. The molecule has 0 radical (unpaired) electrons. The molecule has 0 aromatic carbocycles. The molecular weight excluding hydrogens is 183 g/mol. The summed E-state index contributed by atoms with van der Waals surface area (Å²) >= 11 is 3.73. The summed E-state index contributed by atoms with van der Waals surface area (Å²) in [5.74, 6) is 0. The zero-order valence-electron chi connectivity index (χ0n) is 7.13. The molecule has 12 heavy (non-hydrogen) atoms. The zero-order chi connectivity index (χ0) is 8.55. The van der Waals surface area contributed by atoms with Crippen molar-refractivity contribution in [1.29, 1.82) is 0 Å². The van der Waals surface area contributed by atoms with Gasteiger partial charge in [-0.2, -0.15) is 11.3 Å². The fraction of sp³-hybridized carbons (Fsp3) is 0.111. The van der Waals surface area contributed by atoms with E-state index < -0.39 is 0 Å². The predicted molar refractivity (Wildman–Crippen MR) is 60.5 cm³/mol. The second-order valence-electron chi connectivity index (χ2n) is 2.82. The van der Waals surface area contributed by atoms with E-state index >= 15 is 0 Å². The van der Waals surface area contributed by atoms with Gasteiger partial charge in [0.05, 0.1) is 0 Å². The van der Waals surface area contributed by atoms with Gasteiger partial charge in [-0.05, 0) is 29.9 Å². The van der Waals surface area contributed by atoms with Crippen LogP contribution in [0.4, 0.5) is 0 Å². The fourth-order valence-corrected chi connectivity index (χ4v) is 2.96. The van der Waals surface area contributed by atoms with Crippen LogP contribution in [0, 0.1) is 6.92 Å². The van der Waals surface area contributed by atoms with E-state index in [9.17, 15) is 0 Å². The molecule has 2 rings (SSSR count). The Kier molecular flexibility index (Phi) is 2.07. The molecule has 0 aliphatic rings. The Morgan fingerprint density at radius 2 is 1.67 bits per heavy atom. The molecule has 0 spiro atoms. The third kappa shape index (κ3) is 1.47. The van der Waals surface area contributed by atoms with Gasteiger partial charge in [0.15, 0.2) is 7.85 Å². The summed E-state index contributed by atoms with van der Waals surface area (Å²) in [6.07, 6.45) is 0. The SMILES string of the molecule is Bc1ccc(-c2ccc(C)s2)s1. The van der Waals surface area contributed by atoms with Crippen molar-refractivity contribution in [1.82, 2.24) is 0 Å². The van der Waals surface area contributed by atoms with E-state index in [0.717, 1.165) is 0 Å². The number of hydrogen-bond acceptors (Lipinski definition) is 2. The highest BCUT2D eigenvalue weighted by molar-refractivity contribution is 7.26. The monoisotopic (exact) mass is 192 g/mol. The lowest BCUT2D eigenvalue weighted by molar-refractivity contribution is 1.64. The van der Waals surface area contributed by atoms with Crippen LogP contribution < -0.4 is 4.78 Å². The zero-order valence-corrected chi connectivity index (χ0v) is 8.76. The highest BCUT2D eigenvalue weighted by Crippen LogP contribution is 2.29. The summed E-state index contributed by atoms with van der Waals surface area (Å²) < 4.78 is 1.39. The smallest absolute Gasteiger partial charge is 0.150 e. The van der Waals surface area contributed by atoms with Gasteiger partial charge in [0.1, 0.15) is 0 Å². The summed E-state index contributed by atoms with van der Waals surface area (Å²) in [4.78, 5) is 4.17. The summed E-state index contributed by atoms with van der Waals surface area (Å²) in [5.41, 5.74) is 0. The highest BCUT2D eigenvalue weighted by atomic mass is 32.1. The molecule has 0 atom stereocenters. The first-order chi connectivity index (χ1) is 5.75. The topological polar surface area (TPSA) is 0 Å². The van der Waals surface area contributed by atoms with Crippen LogP contribution in [-0.2, 0) is 0 Å². The number of rotatable bonds is 1. The minimum Gasteiger partial charge on any atom is -0.150 e. The number of hydrogen-bond donors (Lipinski definition) is 0. The maximum Gasteiger partial charge on any atom is 0.152 e. The third-order valence-electron chi connectivity index (χ3n) is 1.72. The van der Waals surface area contributed by atoms with E-state index in [2.05, 4.69) is 39.0 Å². The quantitative estimate of drug-likeness (QED) is 0.606. The summed E-state index contributed by atoms with van der Waals surface area (Å²) in [6.45, 7) is 2.15. The normalized spacial score (nSPS) is 10.4. The van der Waals surface area contributed by atoms with Crippen molar-refractivity contribution in [3.05, 3.63) is 29.1 Å². The van der Waals surface area contributed by atoms with E-state index in [1.54, 1.807) is 0 Å². The van der Waals surface area contributed by atoms with Crippen LogP contribution in [0.25, 0.3) is 9.75 Å². The largest absolute Gasteiger partial charge is 0.152 e. The van der Waals surface area contributed by atoms with Crippen LogP contribution in [0.1, 0.15) is 4.88 Å². The predicted octanol–water partition coefficient (Wildman–Crippen LogP) is 2.04. The van der Waals surface area contributed by atoms with Crippen molar-refractivity contribution < 1.29 is 0 Å². The highest BCUT2D eigenvalue weighted by Gasteiger charge is 2.01. The molecule has 0 nitrogen and oxygen atoms in total. The molecule has 0 bridgehead atoms.